The third-order valence-corrected chi connectivity index (χ3v) is 5.53. The minimum Gasteiger partial charge on any atom is -0.507 e. The second-order valence-corrected chi connectivity index (χ2v) is 8.42. The van der Waals surface area contributed by atoms with Crippen LogP contribution in [0.1, 0.15) is 60.7 Å². The molecule has 0 bridgehead atoms. The molecule has 186 valence electrons. The van der Waals surface area contributed by atoms with Crippen LogP contribution in [-0.2, 0) is 22.3 Å². The third kappa shape index (κ3) is 7.87. The number of aryl methyl sites for hydroxylation is 2. The predicted molar refractivity (Wildman–Crippen MR) is 136 cm³/mol. The molecule has 0 amide bonds. The van der Waals surface area contributed by atoms with Crippen LogP contribution in [0.3, 0.4) is 0 Å². The van der Waals surface area contributed by atoms with Crippen LogP contribution in [0.4, 0.5) is 5.69 Å². The molecule has 0 fully saturated rings. The van der Waals surface area contributed by atoms with Gasteiger partial charge in [-0.2, -0.15) is 0 Å². The summed E-state index contributed by atoms with van der Waals surface area (Å²) in [6.07, 6.45) is 2.63. The van der Waals surface area contributed by atoms with E-state index in [1.807, 2.05) is 26.0 Å². The van der Waals surface area contributed by atoms with Crippen LogP contribution < -0.4 is 16.0 Å². The number of carbonyl (C=O) groups is 1. The van der Waals surface area contributed by atoms with E-state index in [0.29, 0.717) is 49.5 Å². The molecule has 0 radical (unpaired) electrons. The van der Waals surface area contributed by atoms with Gasteiger partial charge in [0.25, 0.3) is 0 Å². The number of methoxy groups -OCH3 is 1. The lowest BCUT2D eigenvalue weighted by Crippen LogP contribution is -2.12. The highest BCUT2D eigenvalue weighted by Gasteiger charge is 2.17. The van der Waals surface area contributed by atoms with E-state index < -0.39 is 0 Å². The van der Waals surface area contributed by atoms with Gasteiger partial charge in [0.1, 0.15) is 18.1 Å². The molecule has 7 heteroatoms. The van der Waals surface area contributed by atoms with Crippen LogP contribution in [0.25, 0.3) is 5.57 Å². The molecule has 0 saturated carbocycles. The fourth-order valence-electron chi connectivity index (χ4n) is 3.66. The Bertz CT molecular complexity index is 972. The van der Waals surface area contributed by atoms with Crippen molar-refractivity contribution in [1.82, 2.24) is 0 Å². The summed E-state index contributed by atoms with van der Waals surface area (Å²) < 4.78 is 16.4. The lowest BCUT2D eigenvalue weighted by atomic mass is 9.95. The van der Waals surface area contributed by atoms with Crippen LogP contribution >= 0.6 is 0 Å². The van der Waals surface area contributed by atoms with Crippen molar-refractivity contribution in [3.63, 3.8) is 0 Å². The molecule has 0 aromatic heterocycles. The number of hydrogen-bond acceptors (Lipinski definition) is 7. The molecule has 4 N–H and O–H groups in total. The fourth-order valence-corrected chi connectivity index (χ4v) is 3.66. The van der Waals surface area contributed by atoms with Crippen molar-refractivity contribution < 1.29 is 24.1 Å². The molecule has 0 spiro atoms. The largest absolute Gasteiger partial charge is 0.507 e. The maximum Gasteiger partial charge on any atom is 0.166 e. The number of anilines is 1. The summed E-state index contributed by atoms with van der Waals surface area (Å²) in [6, 6.07) is 9.17. The number of rotatable bonds is 15. The number of phenols is 1. The van der Waals surface area contributed by atoms with Crippen molar-refractivity contribution in [2.75, 3.05) is 32.4 Å². The monoisotopic (exact) mass is 470 g/mol. The number of Topliss-reactive ketones (excluding diaryl/α,β-unsaturated/α-hetero) is 1. The summed E-state index contributed by atoms with van der Waals surface area (Å²) in [6.45, 7) is 11.4. The molecular weight excluding hydrogens is 432 g/mol. The van der Waals surface area contributed by atoms with Crippen LogP contribution in [0.15, 0.2) is 36.9 Å². The topological polar surface area (TPSA) is 103 Å². The maximum absolute atomic E-state index is 13.0. The molecule has 0 aliphatic heterocycles. The predicted octanol–water partition coefficient (Wildman–Crippen LogP) is 4.91. The second-order valence-electron chi connectivity index (χ2n) is 8.42. The Balaban J connectivity index is 2.10. The van der Waals surface area contributed by atoms with E-state index in [1.165, 1.54) is 11.6 Å². The highest BCUT2D eigenvalue weighted by Crippen LogP contribution is 2.32. The molecule has 2 aromatic carbocycles. The number of nitrogen functional groups attached to an aromatic ring is 1. The number of benzene rings is 2. The number of nitrogens with one attached hydrogen (secondary N) is 1. The molecule has 0 aliphatic carbocycles. The molecule has 0 saturated heterocycles. The van der Waals surface area contributed by atoms with Crippen LogP contribution in [0.2, 0.25) is 0 Å². The van der Waals surface area contributed by atoms with E-state index in [1.54, 1.807) is 13.2 Å². The van der Waals surface area contributed by atoms with Gasteiger partial charge in [-0.05, 0) is 68.0 Å². The van der Waals surface area contributed by atoms with E-state index in [2.05, 4.69) is 25.0 Å². The zero-order chi connectivity index (χ0) is 25.1. The lowest BCUT2D eigenvalue weighted by Gasteiger charge is -2.16. The molecule has 0 unspecified atom stereocenters. The molecule has 2 aromatic rings. The van der Waals surface area contributed by atoms with Crippen LogP contribution in [0.5, 0.6) is 11.5 Å². The Morgan fingerprint density at radius 2 is 1.91 bits per heavy atom. The first-order chi connectivity index (χ1) is 16.3. The summed E-state index contributed by atoms with van der Waals surface area (Å²) in [7, 11) is 1.64. The zero-order valence-electron chi connectivity index (χ0n) is 20.8. The van der Waals surface area contributed by atoms with Crippen LogP contribution in [-0.4, -0.2) is 43.9 Å². The lowest BCUT2D eigenvalue weighted by molar-refractivity contribution is 0.0977. The number of nitrogens with two attached hydrogens (primary N) is 1. The van der Waals surface area contributed by atoms with Gasteiger partial charge in [-0.3, -0.25) is 10.6 Å². The Labute approximate surface area is 202 Å². The summed E-state index contributed by atoms with van der Waals surface area (Å²) in [5.41, 5.74) is 7.03. The summed E-state index contributed by atoms with van der Waals surface area (Å²) >= 11 is 0. The highest BCUT2D eigenvalue weighted by atomic mass is 16.5. The van der Waals surface area contributed by atoms with Gasteiger partial charge in [-0.1, -0.05) is 19.6 Å². The van der Waals surface area contributed by atoms with Crippen molar-refractivity contribution in [2.24, 2.45) is 5.84 Å². The van der Waals surface area contributed by atoms with E-state index in [-0.39, 0.29) is 23.2 Å². The molecular formula is C27H38N2O5. The van der Waals surface area contributed by atoms with E-state index in [9.17, 15) is 9.90 Å². The maximum atomic E-state index is 13.0. The third-order valence-electron chi connectivity index (χ3n) is 5.53. The van der Waals surface area contributed by atoms with Crippen molar-refractivity contribution in [1.29, 1.82) is 0 Å². The number of ketones is 1. The van der Waals surface area contributed by atoms with E-state index in [4.69, 9.17) is 20.1 Å². The number of ether oxygens (including phenoxy) is 3. The van der Waals surface area contributed by atoms with Crippen molar-refractivity contribution >= 4 is 17.0 Å². The minimum absolute atomic E-state index is 0.0427. The van der Waals surface area contributed by atoms with Crippen LogP contribution in [0, 0.1) is 0 Å². The number of aromatic hydroxyl groups is 1. The van der Waals surface area contributed by atoms with E-state index >= 15 is 0 Å². The van der Waals surface area contributed by atoms with Crippen molar-refractivity contribution in [3.8, 4) is 11.5 Å². The van der Waals surface area contributed by atoms with Gasteiger partial charge in [0.05, 0.1) is 30.6 Å². The second kappa shape index (κ2) is 13.7. The first kappa shape index (κ1) is 27.4. The Hall–Kier alpha value is -2.87. The Kier molecular flexibility index (Phi) is 11.1. The van der Waals surface area contributed by atoms with Gasteiger partial charge in [-0.15, -0.1) is 0 Å². The molecule has 0 heterocycles. The molecule has 0 aliphatic rings. The fraction of sp³-hybridized carbons (Fsp3) is 0.444. The average molecular weight is 471 g/mol. The molecule has 0 atom stereocenters. The first-order valence-corrected chi connectivity index (χ1v) is 11.7. The molecule has 34 heavy (non-hydrogen) atoms. The first-order valence-electron chi connectivity index (χ1n) is 11.7. The highest BCUT2D eigenvalue weighted by molar-refractivity contribution is 6.00. The quantitative estimate of drug-likeness (QED) is 0.147. The van der Waals surface area contributed by atoms with Crippen molar-refractivity contribution in [3.05, 3.63) is 59.2 Å². The normalized spacial score (nSPS) is 11.0. The number of carbonyl (C=O) groups excluding carboxylic acids is 1. The summed E-state index contributed by atoms with van der Waals surface area (Å²) in [4.78, 5) is 13.0. The average Bonchev–Trinajstić information content (AvgIpc) is 2.82. The van der Waals surface area contributed by atoms with E-state index in [0.717, 1.165) is 24.2 Å². The van der Waals surface area contributed by atoms with Crippen molar-refractivity contribution in [2.45, 2.75) is 52.6 Å². The van der Waals surface area contributed by atoms with Gasteiger partial charge in [0, 0.05) is 25.2 Å². The number of hydrazine groups is 1. The van der Waals surface area contributed by atoms with Gasteiger partial charge in [0.15, 0.2) is 5.78 Å². The molecule has 2 rings (SSSR count). The standard InChI is InChI=1S/C27H38N2O5/c1-6-20-10-11-22(33-13-12-32-5)14-21(20)8-7-9-26(30)24-15-23(19(4)17-34-18(2)3)25(29-28)16-27(24)31/h10-11,14-16,18,29,31H,4,6-9,12-13,17,28H2,1-3,5H3. The Morgan fingerprint density at radius 3 is 2.56 bits per heavy atom. The SMILES string of the molecule is C=C(COC(C)C)c1cc(C(=O)CCCc2cc(OCCOC)ccc2CC)c(O)cc1NN. The minimum atomic E-state index is -0.134. The summed E-state index contributed by atoms with van der Waals surface area (Å²) in [5.74, 6) is 6.17. The van der Waals surface area contributed by atoms with Gasteiger partial charge >= 0.3 is 0 Å². The summed E-state index contributed by atoms with van der Waals surface area (Å²) in [5, 5.41) is 10.5. The van der Waals surface area contributed by atoms with Gasteiger partial charge in [0.2, 0.25) is 0 Å². The Morgan fingerprint density at radius 1 is 1.15 bits per heavy atom. The molecule has 7 nitrogen and oxygen atoms in total. The van der Waals surface area contributed by atoms with Gasteiger partial charge < -0.3 is 24.7 Å². The van der Waals surface area contributed by atoms with Gasteiger partial charge in [-0.25, -0.2) is 0 Å². The number of hydrogen-bond donors (Lipinski definition) is 3. The number of phenolic OH excluding ortho intramolecular Hbond substituents is 1. The smallest absolute Gasteiger partial charge is 0.166 e. The zero-order valence-corrected chi connectivity index (χ0v) is 20.8.